The van der Waals surface area contributed by atoms with E-state index >= 15 is 0 Å². The van der Waals surface area contributed by atoms with E-state index < -0.39 is 17.8 Å². The summed E-state index contributed by atoms with van der Waals surface area (Å²) in [5, 5.41) is 8.84. The van der Waals surface area contributed by atoms with Crippen molar-refractivity contribution >= 4 is 5.97 Å². The lowest BCUT2D eigenvalue weighted by Gasteiger charge is -2.10. The van der Waals surface area contributed by atoms with Crippen LogP contribution in [0.25, 0.3) is 11.1 Å². The minimum Gasteiger partial charge on any atom is -0.496 e. The van der Waals surface area contributed by atoms with Gasteiger partial charge < -0.3 is 9.84 Å². The van der Waals surface area contributed by atoms with Gasteiger partial charge in [0.15, 0.2) is 5.69 Å². The molecular formula is C13H9F3N2O3. The molecular weight excluding hydrogens is 289 g/mol. The van der Waals surface area contributed by atoms with E-state index in [1.54, 1.807) is 0 Å². The third-order valence-corrected chi connectivity index (χ3v) is 2.67. The molecule has 0 aliphatic rings. The molecule has 0 saturated heterocycles. The van der Waals surface area contributed by atoms with E-state index in [-0.39, 0.29) is 11.4 Å². The lowest BCUT2D eigenvalue weighted by molar-refractivity contribution is -0.141. The molecule has 1 N–H and O–H groups in total. The summed E-state index contributed by atoms with van der Waals surface area (Å²) in [7, 11) is 1.32. The zero-order valence-corrected chi connectivity index (χ0v) is 10.7. The normalized spacial score (nSPS) is 11.2. The van der Waals surface area contributed by atoms with Crippen LogP contribution >= 0.6 is 0 Å². The molecule has 2 rings (SSSR count). The highest BCUT2D eigenvalue weighted by Crippen LogP contribution is 2.32. The third kappa shape index (κ3) is 3.10. The number of aromatic carboxylic acids is 1. The minimum absolute atomic E-state index is 0.184. The highest BCUT2D eigenvalue weighted by molar-refractivity contribution is 5.87. The second-order valence-corrected chi connectivity index (χ2v) is 4.00. The van der Waals surface area contributed by atoms with Crippen molar-refractivity contribution in [2.24, 2.45) is 0 Å². The minimum atomic E-state index is -4.52. The third-order valence-electron chi connectivity index (χ3n) is 2.67. The lowest BCUT2D eigenvalue weighted by Crippen LogP contribution is -2.07. The summed E-state index contributed by atoms with van der Waals surface area (Å²) < 4.78 is 42.4. The van der Waals surface area contributed by atoms with Crippen molar-refractivity contribution in [3.63, 3.8) is 0 Å². The van der Waals surface area contributed by atoms with Crippen LogP contribution in [-0.2, 0) is 6.18 Å². The molecule has 2 aromatic heterocycles. The number of hydrogen-bond donors (Lipinski definition) is 1. The predicted octanol–water partition coefficient (Wildman–Crippen LogP) is 2.87. The second-order valence-electron chi connectivity index (χ2n) is 4.00. The molecule has 0 fully saturated rings. The Kier molecular flexibility index (Phi) is 3.79. The molecule has 0 unspecified atom stereocenters. The fourth-order valence-electron chi connectivity index (χ4n) is 1.66. The Morgan fingerprint density at radius 3 is 2.43 bits per heavy atom. The molecule has 21 heavy (non-hydrogen) atoms. The van der Waals surface area contributed by atoms with Crippen molar-refractivity contribution in [2.45, 2.75) is 6.18 Å². The summed E-state index contributed by atoms with van der Waals surface area (Å²) in [6.07, 6.45) is -2.27. The first-order chi connectivity index (χ1) is 9.82. The molecule has 0 aliphatic carbocycles. The van der Waals surface area contributed by atoms with Gasteiger partial charge in [-0.05, 0) is 6.07 Å². The van der Waals surface area contributed by atoms with Crippen LogP contribution in [0.1, 0.15) is 16.2 Å². The summed E-state index contributed by atoms with van der Waals surface area (Å²) in [4.78, 5) is 17.9. The maximum atomic E-state index is 12.4. The number of alkyl halides is 3. The van der Waals surface area contributed by atoms with Gasteiger partial charge in [-0.1, -0.05) is 6.07 Å². The summed E-state index contributed by atoms with van der Waals surface area (Å²) in [5.74, 6) is -1.05. The molecule has 2 aromatic rings. The van der Waals surface area contributed by atoms with E-state index in [9.17, 15) is 18.0 Å². The Bertz CT molecular complexity index is 669. The van der Waals surface area contributed by atoms with E-state index in [1.165, 1.54) is 25.4 Å². The number of pyridine rings is 2. The van der Waals surface area contributed by atoms with Crippen LogP contribution in [-0.4, -0.2) is 28.2 Å². The van der Waals surface area contributed by atoms with Crippen molar-refractivity contribution in [2.75, 3.05) is 7.11 Å². The molecule has 8 heteroatoms. The quantitative estimate of drug-likeness (QED) is 0.943. The summed E-state index contributed by atoms with van der Waals surface area (Å²) in [6, 6.07) is 3.24. The maximum absolute atomic E-state index is 12.4. The molecule has 110 valence electrons. The zero-order valence-electron chi connectivity index (χ0n) is 10.7. The van der Waals surface area contributed by atoms with E-state index in [2.05, 4.69) is 9.97 Å². The average molecular weight is 298 g/mol. The lowest BCUT2D eigenvalue weighted by atomic mass is 10.1. The van der Waals surface area contributed by atoms with Crippen molar-refractivity contribution in [3.8, 4) is 16.9 Å². The van der Waals surface area contributed by atoms with Gasteiger partial charge in [0.05, 0.1) is 7.11 Å². The molecule has 5 nitrogen and oxygen atoms in total. The Morgan fingerprint density at radius 2 is 1.95 bits per heavy atom. The van der Waals surface area contributed by atoms with Gasteiger partial charge in [-0.15, -0.1) is 0 Å². The van der Waals surface area contributed by atoms with Crippen LogP contribution in [0.2, 0.25) is 0 Å². The molecule has 0 aliphatic heterocycles. The second kappa shape index (κ2) is 5.39. The van der Waals surface area contributed by atoms with Crippen LogP contribution in [0.15, 0.2) is 30.6 Å². The number of hydrogen-bond acceptors (Lipinski definition) is 4. The standard InChI is InChI=1S/C13H9F3N2O3/c1-21-10-4-9(12(19)20)17-6-8(10)7-2-3-11(18-5-7)13(14,15)16/h2-6H,1H3,(H,19,20). The van der Waals surface area contributed by atoms with Gasteiger partial charge in [-0.3, -0.25) is 4.98 Å². The van der Waals surface area contributed by atoms with Crippen LogP contribution in [0.3, 0.4) is 0 Å². The highest BCUT2D eigenvalue weighted by Gasteiger charge is 2.32. The Labute approximate surface area is 117 Å². The topological polar surface area (TPSA) is 72.3 Å². The Morgan fingerprint density at radius 1 is 1.24 bits per heavy atom. The number of halogens is 3. The molecule has 0 saturated carbocycles. The number of nitrogens with zero attached hydrogens (tertiary/aromatic N) is 2. The number of ether oxygens (including phenoxy) is 1. The summed E-state index contributed by atoms with van der Waals surface area (Å²) >= 11 is 0. The summed E-state index contributed by atoms with van der Waals surface area (Å²) in [6.45, 7) is 0. The average Bonchev–Trinajstić information content (AvgIpc) is 2.45. The molecule has 2 heterocycles. The molecule has 0 radical (unpaired) electrons. The van der Waals surface area contributed by atoms with Crippen LogP contribution in [0, 0.1) is 0 Å². The molecule has 0 amide bonds. The number of carboxylic acid groups (broad SMARTS) is 1. The van der Waals surface area contributed by atoms with Gasteiger partial charge in [0, 0.05) is 29.6 Å². The number of methoxy groups -OCH3 is 1. The smallest absolute Gasteiger partial charge is 0.433 e. The van der Waals surface area contributed by atoms with Gasteiger partial charge in [0.2, 0.25) is 0 Å². The first kappa shape index (κ1) is 14.8. The Balaban J connectivity index is 2.44. The molecule has 0 aromatic carbocycles. The number of aromatic nitrogens is 2. The predicted molar refractivity (Wildman–Crippen MR) is 66.0 cm³/mol. The van der Waals surface area contributed by atoms with Crippen LogP contribution in [0.5, 0.6) is 5.75 Å². The molecule has 0 atom stereocenters. The largest absolute Gasteiger partial charge is 0.496 e. The van der Waals surface area contributed by atoms with E-state index in [0.717, 1.165) is 12.3 Å². The van der Waals surface area contributed by atoms with Crippen LogP contribution < -0.4 is 4.74 Å². The van der Waals surface area contributed by atoms with E-state index in [0.29, 0.717) is 11.1 Å². The maximum Gasteiger partial charge on any atom is 0.433 e. The first-order valence-corrected chi connectivity index (χ1v) is 5.64. The zero-order chi connectivity index (χ0) is 15.6. The SMILES string of the molecule is COc1cc(C(=O)O)ncc1-c1ccc(C(F)(F)F)nc1. The van der Waals surface area contributed by atoms with Crippen LogP contribution in [0.4, 0.5) is 13.2 Å². The van der Waals surface area contributed by atoms with E-state index in [1.807, 2.05) is 0 Å². The van der Waals surface area contributed by atoms with Crippen molar-refractivity contribution < 1.29 is 27.8 Å². The summed E-state index contributed by atoms with van der Waals surface area (Å²) in [5.41, 5.74) is -0.552. The molecule has 0 bridgehead atoms. The molecule has 0 spiro atoms. The van der Waals surface area contributed by atoms with Gasteiger partial charge in [0.1, 0.15) is 11.4 Å². The van der Waals surface area contributed by atoms with E-state index in [4.69, 9.17) is 9.84 Å². The monoisotopic (exact) mass is 298 g/mol. The number of carbonyl (C=O) groups is 1. The van der Waals surface area contributed by atoms with Gasteiger partial charge in [-0.25, -0.2) is 9.78 Å². The van der Waals surface area contributed by atoms with Crippen molar-refractivity contribution in [1.29, 1.82) is 0 Å². The van der Waals surface area contributed by atoms with Gasteiger partial charge in [0.25, 0.3) is 0 Å². The van der Waals surface area contributed by atoms with Gasteiger partial charge >= 0.3 is 12.1 Å². The number of carboxylic acids is 1. The highest BCUT2D eigenvalue weighted by atomic mass is 19.4. The number of rotatable bonds is 3. The van der Waals surface area contributed by atoms with Crippen molar-refractivity contribution in [3.05, 3.63) is 42.0 Å². The Hall–Kier alpha value is -2.64. The fraction of sp³-hybridized carbons (Fsp3) is 0.154. The fourth-order valence-corrected chi connectivity index (χ4v) is 1.66. The van der Waals surface area contributed by atoms with Crippen molar-refractivity contribution in [1.82, 2.24) is 9.97 Å². The first-order valence-electron chi connectivity index (χ1n) is 5.64. The van der Waals surface area contributed by atoms with Gasteiger partial charge in [-0.2, -0.15) is 13.2 Å².